The van der Waals surface area contributed by atoms with Crippen LogP contribution in [0.2, 0.25) is 0 Å². The number of carbonyl (C=O) groups is 1. The minimum absolute atomic E-state index is 0. The zero-order valence-corrected chi connectivity index (χ0v) is 5.17. The maximum absolute atomic E-state index is 10.2. The molecule has 0 spiro atoms. The van der Waals surface area contributed by atoms with E-state index in [4.69, 9.17) is 5.11 Å². The predicted octanol–water partition coefficient (Wildman–Crippen LogP) is 1.41. The number of carboxylic acid groups (broad SMARTS) is 1. The number of carboxylic acids is 1. The van der Waals surface area contributed by atoms with Crippen LogP contribution in [0.15, 0.2) is 0 Å². The lowest BCUT2D eigenvalue weighted by molar-refractivity contribution is -0.141. The molecule has 0 unspecified atom stereocenters. The maximum atomic E-state index is 10.2. The fraction of sp³-hybridized carbons (Fsp3) is 0.833. The molecule has 0 heterocycles. The minimum atomic E-state index is -0.609. The van der Waals surface area contributed by atoms with Crippen LogP contribution in [0.25, 0.3) is 0 Å². The number of rotatable bonds is 1. The molecule has 1 fully saturated rings. The average Bonchev–Trinajstić information content (AvgIpc) is 2.12. The minimum Gasteiger partial charge on any atom is -0.481 e. The average molecular weight is 134 g/mol. The van der Waals surface area contributed by atoms with Gasteiger partial charge in [-0.25, -0.2) is 0 Å². The van der Waals surface area contributed by atoms with Gasteiger partial charge >= 0.3 is 5.97 Å². The van der Waals surface area contributed by atoms with Gasteiger partial charge in [0.1, 0.15) is 0 Å². The normalized spacial score (nSPS) is 19.1. The number of halogens is 1. The lowest BCUT2D eigenvalue weighted by atomic mass is 10.1. The molecule has 0 atom stereocenters. The topological polar surface area (TPSA) is 37.3 Å². The molecule has 0 aromatic heterocycles. The fourth-order valence-corrected chi connectivity index (χ4v) is 1.17. The monoisotopic (exact) mass is 134 g/mol. The van der Waals surface area contributed by atoms with Gasteiger partial charge in [-0.05, 0) is 12.8 Å². The van der Waals surface area contributed by atoms with E-state index in [-0.39, 0.29) is 10.6 Å². The van der Waals surface area contributed by atoms with Gasteiger partial charge in [0.25, 0.3) is 0 Å². The quantitative estimate of drug-likeness (QED) is 0.588. The van der Waals surface area contributed by atoms with E-state index >= 15 is 0 Å². The van der Waals surface area contributed by atoms with Crippen LogP contribution >= 0.6 is 0 Å². The van der Waals surface area contributed by atoms with Crippen LogP contribution in [0.5, 0.6) is 0 Å². The van der Waals surface area contributed by atoms with Gasteiger partial charge in [-0.3, -0.25) is 9.50 Å². The first-order valence-electron chi connectivity index (χ1n) is 3.03. The molecule has 0 aromatic carbocycles. The summed E-state index contributed by atoms with van der Waals surface area (Å²) in [5.41, 5.74) is 0. The second-order valence-corrected chi connectivity index (χ2v) is 2.32. The molecule has 1 aliphatic rings. The van der Waals surface area contributed by atoms with Gasteiger partial charge in [0.15, 0.2) is 0 Å². The van der Waals surface area contributed by atoms with Crippen molar-refractivity contribution >= 4 is 5.97 Å². The van der Waals surface area contributed by atoms with Crippen LogP contribution in [-0.4, -0.2) is 11.1 Å². The van der Waals surface area contributed by atoms with E-state index in [2.05, 4.69) is 0 Å². The number of hydrogen-bond donors (Lipinski definition) is 1. The zero-order valence-electron chi connectivity index (χ0n) is 5.17. The van der Waals surface area contributed by atoms with Gasteiger partial charge in [0.05, 0.1) is 5.92 Å². The van der Waals surface area contributed by atoms with Crippen LogP contribution in [0.1, 0.15) is 25.7 Å². The van der Waals surface area contributed by atoms with E-state index in [1.165, 1.54) is 0 Å². The first-order valence-corrected chi connectivity index (χ1v) is 3.03. The first kappa shape index (κ1) is 8.40. The second kappa shape index (κ2) is 3.43. The summed E-state index contributed by atoms with van der Waals surface area (Å²) in [5.74, 6) is -0.627. The molecule has 0 aromatic rings. The summed E-state index contributed by atoms with van der Waals surface area (Å²) in [5, 5.41) is 8.41. The van der Waals surface area contributed by atoms with E-state index in [9.17, 15) is 4.79 Å². The molecule has 0 aliphatic heterocycles. The Balaban J connectivity index is 0.000000640. The SMILES string of the molecule is F.O=C(O)C1CCCC1. The van der Waals surface area contributed by atoms with Crippen molar-refractivity contribution < 1.29 is 14.6 Å². The summed E-state index contributed by atoms with van der Waals surface area (Å²) in [6.45, 7) is 0. The Morgan fingerprint density at radius 1 is 1.33 bits per heavy atom. The lowest BCUT2D eigenvalue weighted by Gasteiger charge is -1.97. The molecule has 1 N–H and O–H groups in total. The van der Waals surface area contributed by atoms with E-state index in [0.717, 1.165) is 25.7 Å². The first-order chi connectivity index (χ1) is 3.80. The van der Waals surface area contributed by atoms with E-state index in [0.29, 0.717) is 0 Å². The standard InChI is InChI=1S/C6H10O2.FH/c7-6(8)5-3-1-2-4-5;/h5H,1-4H2,(H,7,8);1H. The summed E-state index contributed by atoms with van der Waals surface area (Å²) >= 11 is 0. The Hall–Kier alpha value is -0.600. The Kier molecular flexibility index (Phi) is 3.20. The van der Waals surface area contributed by atoms with Gasteiger partial charge in [-0.1, -0.05) is 12.8 Å². The third-order valence-electron chi connectivity index (χ3n) is 1.70. The Morgan fingerprint density at radius 2 is 1.78 bits per heavy atom. The molecule has 2 nitrogen and oxygen atoms in total. The number of hydrogen-bond acceptors (Lipinski definition) is 1. The van der Waals surface area contributed by atoms with E-state index in [1.54, 1.807) is 0 Å². The Bertz CT molecular complexity index is 97.2. The molecule has 9 heavy (non-hydrogen) atoms. The van der Waals surface area contributed by atoms with Crippen LogP contribution in [0, 0.1) is 5.92 Å². The predicted molar refractivity (Wildman–Crippen MR) is 32.1 cm³/mol. The van der Waals surface area contributed by atoms with Gasteiger partial charge in [0.2, 0.25) is 0 Å². The molecule has 3 heteroatoms. The highest BCUT2D eigenvalue weighted by Gasteiger charge is 2.20. The highest BCUT2D eigenvalue weighted by molar-refractivity contribution is 5.70. The lowest BCUT2D eigenvalue weighted by Crippen LogP contribution is -2.07. The molecular formula is C6H11FO2. The van der Waals surface area contributed by atoms with Crippen molar-refractivity contribution in [1.29, 1.82) is 0 Å². The van der Waals surface area contributed by atoms with Crippen molar-refractivity contribution in [3.63, 3.8) is 0 Å². The van der Waals surface area contributed by atoms with Gasteiger partial charge < -0.3 is 5.11 Å². The van der Waals surface area contributed by atoms with Crippen LogP contribution in [0.3, 0.4) is 0 Å². The molecule has 1 saturated carbocycles. The molecule has 0 saturated heterocycles. The van der Waals surface area contributed by atoms with Crippen molar-refractivity contribution in [2.45, 2.75) is 25.7 Å². The molecular weight excluding hydrogens is 123 g/mol. The van der Waals surface area contributed by atoms with Crippen LogP contribution in [-0.2, 0) is 4.79 Å². The van der Waals surface area contributed by atoms with Crippen molar-refractivity contribution in [3.05, 3.63) is 0 Å². The van der Waals surface area contributed by atoms with E-state index in [1.807, 2.05) is 0 Å². The fourth-order valence-electron chi connectivity index (χ4n) is 1.17. The van der Waals surface area contributed by atoms with Gasteiger partial charge in [0, 0.05) is 0 Å². The largest absolute Gasteiger partial charge is 0.481 e. The third kappa shape index (κ3) is 2.00. The molecule has 1 aliphatic carbocycles. The van der Waals surface area contributed by atoms with Crippen molar-refractivity contribution in [2.24, 2.45) is 5.92 Å². The summed E-state index contributed by atoms with van der Waals surface area (Å²) in [6, 6.07) is 0. The molecule has 0 radical (unpaired) electrons. The highest BCUT2D eigenvalue weighted by atomic mass is 19.0. The summed E-state index contributed by atoms with van der Waals surface area (Å²) in [7, 11) is 0. The molecule has 54 valence electrons. The molecule has 0 bridgehead atoms. The maximum Gasteiger partial charge on any atom is 0.306 e. The van der Waals surface area contributed by atoms with Gasteiger partial charge in [-0.2, -0.15) is 0 Å². The van der Waals surface area contributed by atoms with Gasteiger partial charge in [-0.15, -0.1) is 0 Å². The summed E-state index contributed by atoms with van der Waals surface area (Å²) in [4.78, 5) is 10.2. The molecule has 0 amide bonds. The van der Waals surface area contributed by atoms with Crippen LogP contribution in [0.4, 0.5) is 4.70 Å². The summed E-state index contributed by atoms with van der Waals surface area (Å²) < 4.78 is 0. The second-order valence-electron chi connectivity index (χ2n) is 2.32. The molecule has 1 rings (SSSR count). The Labute approximate surface area is 53.2 Å². The number of aliphatic carboxylic acids is 1. The smallest absolute Gasteiger partial charge is 0.306 e. The highest BCUT2D eigenvalue weighted by Crippen LogP contribution is 2.24. The Morgan fingerprint density at radius 3 is 2.00 bits per heavy atom. The third-order valence-corrected chi connectivity index (χ3v) is 1.70. The van der Waals surface area contributed by atoms with Crippen LogP contribution < -0.4 is 0 Å². The summed E-state index contributed by atoms with van der Waals surface area (Å²) in [6.07, 6.45) is 4.01. The zero-order chi connectivity index (χ0) is 5.98. The van der Waals surface area contributed by atoms with E-state index < -0.39 is 5.97 Å². The van der Waals surface area contributed by atoms with Crippen molar-refractivity contribution in [1.82, 2.24) is 0 Å². The van der Waals surface area contributed by atoms with Crippen molar-refractivity contribution in [3.8, 4) is 0 Å². The van der Waals surface area contributed by atoms with Crippen molar-refractivity contribution in [2.75, 3.05) is 0 Å².